The van der Waals surface area contributed by atoms with Crippen molar-refractivity contribution in [2.24, 2.45) is 11.7 Å². The van der Waals surface area contributed by atoms with Crippen molar-refractivity contribution < 1.29 is 13.9 Å². The molecule has 1 atom stereocenters. The first-order valence-corrected chi connectivity index (χ1v) is 5.61. The van der Waals surface area contributed by atoms with Gasteiger partial charge in [-0.15, -0.1) is 0 Å². The number of benzene rings is 1. The zero-order chi connectivity index (χ0) is 12.3. The van der Waals surface area contributed by atoms with Gasteiger partial charge >= 0.3 is 6.09 Å². The predicted molar refractivity (Wildman–Crippen MR) is 62.3 cm³/mol. The molecule has 1 aromatic carbocycles. The third-order valence-corrected chi connectivity index (χ3v) is 2.82. The highest BCUT2D eigenvalue weighted by Gasteiger charge is 2.29. The molecule has 2 N–H and O–H groups in total. The highest BCUT2D eigenvalue weighted by molar-refractivity contribution is 5.88. The van der Waals surface area contributed by atoms with E-state index in [0.717, 1.165) is 6.42 Å². The van der Waals surface area contributed by atoms with E-state index in [0.29, 0.717) is 19.7 Å². The molecule has 1 heterocycles. The Morgan fingerprint density at radius 2 is 2.24 bits per heavy atom. The first-order chi connectivity index (χ1) is 8.22. The van der Waals surface area contributed by atoms with Gasteiger partial charge < -0.3 is 10.5 Å². The van der Waals surface area contributed by atoms with Gasteiger partial charge in [0, 0.05) is 12.5 Å². The maximum absolute atomic E-state index is 13.6. The van der Waals surface area contributed by atoms with Gasteiger partial charge in [-0.25, -0.2) is 9.18 Å². The van der Waals surface area contributed by atoms with Crippen LogP contribution in [0.4, 0.5) is 14.9 Å². The van der Waals surface area contributed by atoms with E-state index in [-0.39, 0.29) is 11.6 Å². The van der Waals surface area contributed by atoms with Crippen LogP contribution in [0, 0.1) is 11.7 Å². The number of amides is 1. The molecule has 2 rings (SSSR count). The first-order valence-electron chi connectivity index (χ1n) is 5.61. The molecule has 1 saturated heterocycles. The van der Waals surface area contributed by atoms with Gasteiger partial charge in [0.15, 0.2) is 0 Å². The summed E-state index contributed by atoms with van der Waals surface area (Å²) in [6.07, 6.45) is 0.265. The number of cyclic esters (lactones) is 1. The van der Waals surface area contributed by atoms with Crippen LogP contribution in [0.15, 0.2) is 24.3 Å². The van der Waals surface area contributed by atoms with Crippen LogP contribution in [0.1, 0.15) is 6.42 Å². The van der Waals surface area contributed by atoms with Crippen LogP contribution in [0.25, 0.3) is 0 Å². The Morgan fingerprint density at radius 3 is 2.94 bits per heavy atom. The Bertz CT molecular complexity index is 411. The number of nitrogens with zero attached hydrogens (tertiary/aromatic N) is 1. The topological polar surface area (TPSA) is 55.6 Å². The molecular weight excluding hydrogens is 223 g/mol. The van der Waals surface area contributed by atoms with Crippen LogP contribution in [-0.4, -0.2) is 25.8 Å². The molecule has 0 aliphatic carbocycles. The Kier molecular flexibility index (Phi) is 3.58. The van der Waals surface area contributed by atoms with Crippen molar-refractivity contribution in [3.8, 4) is 0 Å². The molecule has 1 aliphatic heterocycles. The zero-order valence-corrected chi connectivity index (χ0v) is 9.43. The van der Waals surface area contributed by atoms with Crippen LogP contribution in [0.5, 0.6) is 0 Å². The van der Waals surface area contributed by atoms with Crippen molar-refractivity contribution in [3.63, 3.8) is 0 Å². The molecule has 1 aliphatic rings. The Balaban J connectivity index is 2.18. The van der Waals surface area contributed by atoms with E-state index in [1.165, 1.54) is 11.0 Å². The molecule has 1 fully saturated rings. The Labute approximate surface area is 99.2 Å². The standard InChI is InChI=1S/C12H15FN2O2/c13-10-3-1-2-4-11(10)15-7-9(5-6-14)8-17-12(15)16/h1-4,9H,5-8,14H2. The van der Waals surface area contributed by atoms with Crippen molar-refractivity contribution in [1.29, 1.82) is 0 Å². The molecule has 1 unspecified atom stereocenters. The van der Waals surface area contributed by atoms with Gasteiger partial charge in [0.1, 0.15) is 5.82 Å². The third-order valence-electron chi connectivity index (χ3n) is 2.82. The van der Waals surface area contributed by atoms with E-state index in [9.17, 15) is 9.18 Å². The molecule has 5 heteroatoms. The number of hydrogen-bond acceptors (Lipinski definition) is 3. The molecule has 0 aromatic heterocycles. The second kappa shape index (κ2) is 5.14. The number of halogens is 1. The number of anilines is 1. The first kappa shape index (κ1) is 11.9. The smallest absolute Gasteiger partial charge is 0.414 e. The number of hydrogen-bond donors (Lipinski definition) is 1. The molecule has 92 valence electrons. The van der Waals surface area contributed by atoms with Crippen molar-refractivity contribution >= 4 is 11.8 Å². The lowest BCUT2D eigenvalue weighted by molar-refractivity contribution is 0.113. The fourth-order valence-electron chi connectivity index (χ4n) is 1.93. The average molecular weight is 238 g/mol. The molecule has 0 bridgehead atoms. The second-order valence-electron chi connectivity index (χ2n) is 4.08. The van der Waals surface area contributed by atoms with Crippen LogP contribution in [0.2, 0.25) is 0 Å². The fraction of sp³-hybridized carbons (Fsp3) is 0.417. The van der Waals surface area contributed by atoms with Crippen LogP contribution in [0.3, 0.4) is 0 Å². The van der Waals surface area contributed by atoms with Gasteiger partial charge in [0.05, 0.1) is 12.3 Å². The molecule has 1 amide bonds. The number of para-hydroxylation sites is 1. The van der Waals surface area contributed by atoms with E-state index in [1.54, 1.807) is 18.2 Å². The minimum absolute atomic E-state index is 0.164. The molecule has 4 nitrogen and oxygen atoms in total. The summed E-state index contributed by atoms with van der Waals surface area (Å²) in [6, 6.07) is 6.18. The lowest BCUT2D eigenvalue weighted by Crippen LogP contribution is -2.44. The van der Waals surface area contributed by atoms with Gasteiger partial charge in [0.25, 0.3) is 0 Å². The van der Waals surface area contributed by atoms with Crippen LogP contribution in [-0.2, 0) is 4.74 Å². The molecule has 1 aromatic rings. The van der Waals surface area contributed by atoms with E-state index in [2.05, 4.69) is 0 Å². The largest absolute Gasteiger partial charge is 0.449 e. The maximum atomic E-state index is 13.6. The summed E-state index contributed by atoms with van der Waals surface area (Å²) in [6.45, 7) is 1.35. The fourth-order valence-corrected chi connectivity index (χ4v) is 1.93. The van der Waals surface area contributed by atoms with Crippen LogP contribution >= 0.6 is 0 Å². The third kappa shape index (κ3) is 2.55. The molecular formula is C12H15FN2O2. The van der Waals surface area contributed by atoms with E-state index in [1.807, 2.05) is 0 Å². The second-order valence-corrected chi connectivity index (χ2v) is 4.08. The molecule has 0 spiro atoms. The maximum Gasteiger partial charge on any atom is 0.414 e. The minimum atomic E-state index is -0.497. The van der Waals surface area contributed by atoms with Gasteiger partial charge in [0.2, 0.25) is 0 Å². The minimum Gasteiger partial charge on any atom is -0.449 e. The van der Waals surface area contributed by atoms with Gasteiger partial charge in [-0.2, -0.15) is 0 Å². The Hall–Kier alpha value is -1.62. The number of rotatable bonds is 3. The van der Waals surface area contributed by atoms with Crippen LogP contribution < -0.4 is 10.6 Å². The summed E-state index contributed by atoms with van der Waals surface area (Å²) in [5.41, 5.74) is 5.74. The highest BCUT2D eigenvalue weighted by Crippen LogP contribution is 2.24. The molecule has 0 radical (unpaired) electrons. The summed E-state index contributed by atoms with van der Waals surface area (Å²) in [5, 5.41) is 0. The number of nitrogens with two attached hydrogens (primary N) is 1. The van der Waals surface area contributed by atoms with E-state index >= 15 is 0 Å². The highest BCUT2D eigenvalue weighted by atomic mass is 19.1. The van der Waals surface area contributed by atoms with Crippen molar-refractivity contribution in [2.75, 3.05) is 24.6 Å². The van der Waals surface area contributed by atoms with Crippen molar-refractivity contribution in [3.05, 3.63) is 30.1 Å². The summed E-state index contributed by atoms with van der Waals surface area (Å²) in [5.74, 6) is -0.254. The predicted octanol–water partition coefficient (Wildman–Crippen LogP) is 1.75. The number of carbonyl (C=O) groups excluding carboxylic acids is 1. The zero-order valence-electron chi connectivity index (χ0n) is 9.43. The summed E-state index contributed by atoms with van der Waals surface area (Å²) in [7, 11) is 0. The Morgan fingerprint density at radius 1 is 1.47 bits per heavy atom. The van der Waals surface area contributed by atoms with Gasteiger partial charge in [-0.3, -0.25) is 4.90 Å². The SMILES string of the molecule is NCCC1COC(=O)N(c2ccccc2F)C1. The normalized spacial score (nSPS) is 20.2. The van der Waals surface area contributed by atoms with E-state index < -0.39 is 11.9 Å². The lowest BCUT2D eigenvalue weighted by Gasteiger charge is -2.32. The van der Waals surface area contributed by atoms with Crippen molar-refractivity contribution in [1.82, 2.24) is 0 Å². The lowest BCUT2D eigenvalue weighted by atomic mass is 10.0. The monoisotopic (exact) mass is 238 g/mol. The quantitative estimate of drug-likeness (QED) is 0.872. The summed E-state index contributed by atoms with van der Waals surface area (Å²) < 4.78 is 18.6. The molecule has 17 heavy (non-hydrogen) atoms. The van der Waals surface area contributed by atoms with Crippen molar-refractivity contribution in [2.45, 2.75) is 6.42 Å². The van der Waals surface area contributed by atoms with Gasteiger partial charge in [-0.1, -0.05) is 12.1 Å². The summed E-state index contributed by atoms with van der Waals surface area (Å²) >= 11 is 0. The molecule has 0 saturated carbocycles. The summed E-state index contributed by atoms with van der Waals surface area (Å²) in [4.78, 5) is 12.9. The average Bonchev–Trinajstić information content (AvgIpc) is 2.33. The number of ether oxygens (including phenoxy) is 1. The van der Waals surface area contributed by atoms with Gasteiger partial charge in [-0.05, 0) is 25.1 Å². The van der Waals surface area contributed by atoms with E-state index in [4.69, 9.17) is 10.5 Å². The number of carbonyl (C=O) groups is 1.